The first-order valence-corrected chi connectivity index (χ1v) is 5.57. The van der Waals surface area contributed by atoms with Gasteiger partial charge in [0, 0.05) is 24.0 Å². The van der Waals surface area contributed by atoms with Gasteiger partial charge in [0.05, 0.1) is 12.6 Å². The zero-order chi connectivity index (χ0) is 11.5. The first kappa shape index (κ1) is 11.1. The van der Waals surface area contributed by atoms with Gasteiger partial charge < -0.3 is 10.0 Å². The number of hydrogen-bond donors (Lipinski definition) is 1. The number of rotatable bonds is 2. The first-order valence-electron chi connectivity index (χ1n) is 5.57. The fraction of sp³-hybridized carbons (Fsp3) is 0.500. The Hall–Kier alpha value is -1.42. The van der Waals surface area contributed by atoms with Gasteiger partial charge in [-0.15, -0.1) is 0 Å². The third-order valence-corrected chi connectivity index (χ3v) is 2.99. The van der Waals surface area contributed by atoms with Crippen LogP contribution < -0.4 is 0 Å². The van der Waals surface area contributed by atoms with Gasteiger partial charge in [-0.1, -0.05) is 0 Å². The molecular weight excluding hydrogens is 204 g/mol. The fourth-order valence-corrected chi connectivity index (χ4v) is 2.14. The third-order valence-electron chi connectivity index (χ3n) is 2.99. The summed E-state index contributed by atoms with van der Waals surface area (Å²) in [4.78, 5) is 18.0. The van der Waals surface area contributed by atoms with Crippen molar-refractivity contribution in [1.29, 1.82) is 0 Å². The first-order chi connectivity index (χ1) is 7.72. The van der Waals surface area contributed by atoms with Crippen LogP contribution in [0.2, 0.25) is 0 Å². The van der Waals surface area contributed by atoms with E-state index in [1.807, 2.05) is 6.92 Å². The molecule has 0 unspecified atom stereocenters. The summed E-state index contributed by atoms with van der Waals surface area (Å²) in [5.41, 5.74) is 1.50. The molecule has 1 aromatic heterocycles. The highest BCUT2D eigenvalue weighted by Gasteiger charge is 2.28. The number of aliphatic hydroxyl groups is 1. The lowest BCUT2D eigenvalue weighted by molar-refractivity contribution is 0.0677. The van der Waals surface area contributed by atoms with Crippen molar-refractivity contribution in [1.82, 2.24) is 9.88 Å². The van der Waals surface area contributed by atoms with E-state index in [9.17, 15) is 9.90 Å². The Morgan fingerprint density at radius 2 is 2.50 bits per heavy atom. The summed E-state index contributed by atoms with van der Waals surface area (Å²) in [6.07, 6.45) is 3.51. The van der Waals surface area contributed by atoms with Gasteiger partial charge in [-0.05, 0) is 31.9 Å². The standard InChI is InChI=1S/C12H16N2O2/c1-9-7-10(4-5-13-9)12(16)14-6-2-3-11(14)8-15/h4-5,7,11,15H,2-3,6,8H2,1H3/t11-/m1/s1. The molecule has 0 spiro atoms. The van der Waals surface area contributed by atoms with E-state index in [2.05, 4.69) is 4.98 Å². The third kappa shape index (κ3) is 2.07. The number of nitrogens with zero attached hydrogens (tertiary/aromatic N) is 2. The number of pyridine rings is 1. The predicted molar refractivity (Wildman–Crippen MR) is 60.1 cm³/mol. The number of aryl methyl sites for hydroxylation is 1. The van der Waals surface area contributed by atoms with E-state index in [4.69, 9.17) is 0 Å². The Bertz CT molecular complexity index is 392. The molecule has 1 amide bonds. The average molecular weight is 220 g/mol. The van der Waals surface area contributed by atoms with Crippen LogP contribution in [0.1, 0.15) is 28.9 Å². The molecule has 2 heterocycles. The Morgan fingerprint density at radius 3 is 3.19 bits per heavy atom. The summed E-state index contributed by atoms with van der Waals surface area (Å²) in [7, 11) is 0. The number of carbonyl (C=O) groups is 1. The van der Waals surface area contributed by atoms with Gasteiger partial charge in [0.2, 0.25) is 0 Å². The summed E-state index contributed by atoms with van der Waals surface area (Å²) in [5.74, 6) is 0.00190. The monoisotopic (exact) mass is 220 g/mol. The van der Waals surface area contributed by atoms with Crippen LogP contribution in [0.4, 0.5) is 0 Å². The molecule has 0 saturated carbocycles. The second kappa shape index (κ2) is 4.61. The minimum absolute atomic E-state index is 0.00190. The van der Waals surface area contributed by atoms with E-state index in [-0.39, 0.29) is 18.6 Å². The summed E-state index contributed by atoms with van der Waals surface area (Å²) in [5, 5.41) is 9.18. The molecule has 1 aliphatic heterocycles. The maximum atomic E-state index is 12.2. The molecule has 0 aromatic carbocycles. The maximum Gasteiger partial charge on any atom is 0.254 e. The van der Waals surface area contributed by atoms with E-state index >= 15 is 0 Å². The molecule has 1 N–H and O–H groups in total. The molecule has 1 aromatic rings. The highest BCUT2D eigenvalue weighted by molar-refractivity contribution is 5.94. The Kier molecular flexibility index (Phi) is 3.19. The van der Waals surface area contributed by atoms with E-state index < -0.39 is 0 Å². The topological polar surface area (TPSA) is 53.4 Å². The lowest BCUT2D eigenvalue weighted by atomic mass is 10.2. The molecule has 1 saturated heterocycles. The second-order valence-electron chi connectivity index (χ2n) is 4.16. The summed E-state index contributed by atoms with van der Waals surface area (Å²) < 4.78 is 0. The van der Waals surface area contributed by atoms with E-state index in [1.165, 1.54) is 0 Å². The Labute approximate surface area is 94.9 Å². The second-order valence-corrected chi connectivity index (χ2v) is 4.16. The van der Waals surface area contributed by atoms with Crippen molar-refractivity contribution in [3.05, 3.63) is 29.6 Å². The minimum Gasteiger partial charge on any atom is -0.394 e. The zero-order valence-electron chi connectivity index (χ0n) is 9.39. The van der Waals surface area contributed by atoms with Crippen LogP contribution in [0.15, 0.2) is 18.3 Å². The van der Waals surface area contributed by atoms with E-state index in [1.54, 1.807) is 23.2 Å². The molecule has 1 atom stereocenters. The molecule has 16 heavy (non-hydrogen) atoms. The highest BCUT2D eigenvalue weighted by atomic mass is 16.3. The fourth-order valence-electron chi connectivity index (χ4n) is 2.14. The van der Waals surface area contributed by atoms with Crippen LogP contribution in [0.3, 0.4) is 0 Å². The van der Waals surface area contributed by atoms with Gasteiger partial charge in [0.15, 0.2) is 0 Å². The molecule has 86 valence electrons. The van der Waals surface area contributed by atoms with Gasteiger partial charge >= 0.3 is 0 Å². The van der Waals surface area contributed by atoms with Gasteiger partial charge in [-0.2, -0.15) is 0 Å². The lowest BCUT2D eigenvalue weighted by Gasteiger charge is -2.23. The molecule has 0 radical (unpaired) electrons. The smallest absolute Gasteiger partial charge is 0.254 e. The van der Waals surface area contributed by atoms with Crippen molar-refractivity contribution in [2.24, 2.45) is 0 Å². The number of carbonyl (C=O) groups excluding carboxylic acids is 1. The van der Waals surface area contributed by atoms with Crippen LogP contribution in [0.25, 0.3) is 0 Å². The Balaban J connectivity index is 2.18. The summed E-state index contributed by atoms with van der Waals surface area (Å²) in [6.45, 7) is 2.66. The molecule has 1 aliphatic rings. The summed E-state index contributed by atoms with van der Waals surface area (Å²) >= 11 is 0. The number of aromatic nitrogens is 1. The van der Waals surface area contributed by atoms with Crippen molar-refractivity contribution < 1.29 is 9.90 Å². The molecule has 0 aliphatic carbocycles. The van der Waals surface area contributed by atoms with Crippen LogP contribution in [-0.4, -0.2) is 40.1 Å². The Morgan fingerprint density at radius 1 is 1.69 bits per heavy atom. The molecule has 4 heteroatoms. The van der Waals surface area contributed by atoms with Crippen LogP contribution in [0, 0.1) is 6.92 Å². The van der Waals surface area contributed by atoms with Gasteiger partial charge in [-0.25, -0.2) is 0 Å². The molecule has 2 rings (SSSR count). The van der Waals surface area contributed by atoms with Crippen LogP contribution in [0.5, 0.6) is 0 Å². The van der Waals surface area contributed by atoms with Crippen molar-refractivity contribution in [2.75, 3.05) is 13.2 Å². The van der Waals surface area contributed by atoms with Crippen molar-refractivity contribution in [3.63, 3.8) is 0 Å². The SMILES string of the molecule is Cc1cc(C(=O)N2CCC[C@@H]2CO)ccn1. The van der Waals surface area contributed by atoms with E-state index in [0.29, 0.717) is 5.56 Å². The highest BCUT2D eigenvalue weighted by Crippen LogP contribution is 2.19. The molecule has 1 fully saturated rings. The number of aliphatic hydroxyl groups excluding tert-OH is 1. The predicted octanol–water partition coefficient (Wildman–Crippen LogP) is 0.987. The van der Waals surface area contributed by atoms with Crippen molar-refractivity contribution >= 4 is 5.91 Å². The minimum atomic E-state index is -0.0130. The largest absolute Gasteiger partial charge is 0.394 e. The average Bonchev–Trinajstić information content (AvgIpc) is 2.76. The van der Waals surface area contributed by atoms with E-state index in [0.717, 1.165) is 25.1 Å². The van der Waals surface area contributed by atoms with Crippen LogP contribution in [-0.2, 0) is 0 Å². The number of likely N-dealkylation sites (tertiary alicyclic amines) is 1. The molecule has 4 nitrogen and oxygen atoms in total. The maximum absolute atomic E-state index is 12.2. The molecule has 0 bridgehead atoms. The van der Waals surface area contributed by atoms with Crippen molar-refractivity contribution in [3.8, 4) is 0 Å². The zero-order valence-corrected chi connectivity index (χ0v) is 9.39. The number of hydrogen-bond acceptors (Lipinski definition) is 3. The normalized spacial score (nSPS) is 20.1. The van der Waals surface area contributed by atoms with Gasteiger partial charge in [0.1, 0.15) is 0 Å². The lowest BCUT2D eigenvalue weighted by Crippen LogP contribution is -2.37. The number of amides is 1. The quantitative estimate of drug-likeness (QED) is 0.808. The molecular formula is C12H16N2O2. The van der Waals surface area contributed by atoms with Crippen LogP contribution >= 0.6 is 0 Å². The summed E-state index contributed by atoms with van der Waals surface area (Å²) in [6, 6.07) is 3.50. The van der Waals surface area contributed by atoms with Gasteiger partial charge in [0.25, 0.3) is 5.91 Å². The van der Waals surface area contributed by atoms with Crippen molar-refractivity contribution in [2.45, 2.75) is 25.8 Å². The van der Waals surface area contributed by atoms with Gasteiger partial charge in [-0.3, -0.25) is 9.78 Å².